The van der Waals surface area contributed by atoms with Crippen LogP contribution in [0.15, 0.2) is 12.7 Å². The minimum absolute atomic E-state index is 0.883. The van der Waals surface area contributed by atoms with E-state index in [9.17, 15) is 0 Å². The van der Waals surface area contributed by atoms with E-state index in [2.05, 4.69) is 34.3 Å². The Morgan fingerprint density at radius 1 is 0.722 bits per heavy atom. The minimum Gasteiger partial charge on any atom is -0.103 e. The maximum atomic E-state index is 3.79. The lowest BCUT2D eigenvalue weighted by molar-refractivity contribution is 0.326. The molecule has 0 aromatic heterocycles. The summed E-state index contributed by atoms with van der Waals surface area (Å²) < 4.78 is 0. The fraction of sp³-hybridized carbons (Fsp3) is 0.889. The molecule has 0 aromatic carbocycles. The van der Waals surface area contributed by atoms with Crippen LogP contribution in [0.5, 0.6) is 0 Å². The fourth-order valence-corrected chi connectivity index (χ4v) is 2.53. The zero-order chi connectivity index (χ0) is 13.8. The monoisotopic (exact) mass is 252 g/mol. The molecule has 0 saturated carbocycles. The third-order valence-corrected chi connectivity index (χ3v) is 4.23. The number of rotatable bonds is 12. The van der Waals surface area contributed by atoms with Crippen molar-refractivity contribution in [3.8, 4) is 0 Å². The highest BCUT2D eigenvalue weighted by Gasteiger charge is 2.11. The lowest BCUT2D eigenvalue weighted by Gasteiger charge is -2.19. The van der Waals surface area contributed by atoms with Crippen LogP contribution in [0.4, 0.5) is 0 Å². The predicted molar refractivity (Wildman–Crippen MR) is 84.9 cm³/mol. The molecule has 0 aromatic rings. The van der Waals surface area contributed by atoms with Gasteiger partial charge in [-0.25, -0.2) is 0 Å². The van der Waals surface area contributed by atoms with E-state index in [1.54, 1.807) is 0 Å². The van der Waals surface area contributed by atoms with Gasteiger partial charge in [-0.2, -0.15) is 0 Å². The predicted octanol–water partition coefficient (Wildman–Crippen LogP) is 6.61. The second-order valence-electron chi connectivity index (χ2n) is 6.56. The van der Waals surface area contributed by atoms with Gasteiger partial charge < -0.3 is 0 Å². The lowest BCUT2D eigenvalue weighted by atomic mass is 9.87. The summed E-state index contributed by atoms with van der Waals surface area (Å²) in [6, 6.07) is 0. The summed E-state index contributed by atoms with van der Waals surface area (Å²) in [6.45, 7) is 13.3. The van der Waals surface area contributed by atoms with Crippen LogP contribution in [0, 0.1) is 17.8 Å². The molecule has 0 nitrogen and oxygen atoms in total. The Labute approximate surface area is 116 Å². The highest BCUT2D eigenvalue weighted by atomic mass is 14.2. The van der Waals surface area contributed by atoms with Gasteiger partial charge in [0.1, 0.15) is 0 Å². The molecule has 0 radical (unpaired) electrons. The van der Waals surface area contributed by atoms with Crippen LogP contribution in [-0.2, 0) is 0 Å². The first-order valence-corrected chi connectivity index (χ1v) is 8.18. The van der Waals surface area contributed by atoms with E-state index in [0.717, 1.165) is 17.8 Å². The van der Waals surface area contributed by atoms with Crippen molar-refractivity contribution < 1.29 is 0 Å². The summed E-state index contributed by atoms with van der Waals surface area (Å²) in [6.07, 6.45) is 14.5. The zero-order valence-electron chi connectivity index (χ0n) is 13.4. The van der Waals surface area contributed by atoms with Gasteiger partial charge in [0, 0.05) is 0 Å². The van der Waals surface area contributed by atoms with Crippen molar-refractivity contribution in [2.24, 2.45) is 17.8 Å². The Kier molecular flexibility index (Phi) is 11.6. The molecule has 0 amide bonds. The van der Waals surface area contributed by atoms with Crippen molar-refractivity contribution in [1.29, 1.82) is 0 Å². The first kappa shape index (κ1) is 17.7. The largest absolute Gasteiger partial charge is 0.103 e. The van der Waals surface area contributed by atoms with Gasteiger partial charge in [0.15, 0.2) is 0 Å². The summed E-state index contributed by atoms with van der Waals surface area (Å²) in [4.78, 5) is 0. The van der Waals surface area contributed by atoms with Crippen LogP contribution in [-0.4, -0.2) is 0 Å². The average molecular weight is 252 g/mol. The van der Waals surface area contributed by atoms with Gasteiger partial charge in [0.05, 0.1) is 0 Å². The Balaban J connectivity index is 3.39. The summed E-state index contributed by atoms with van der Waals surface area (Å²) in [5.74, 6) is 2.68. The molecule has 2 atom stereocenters. The van der Waals surface area contributed by atoms with Gasteiger partial charge >= 0.3 is 0 Å². The third-order valence-electron chi connectivity index (χ3n) is 4.23. The lowest BCUT2D eigenvalue weighted by Crippen LogP contribution is -2.07. The molecule has 0 aliphatic rings. The van der Waals surface area contributed by atoms with E-state index in [1.165, 1.54) is 57.8 Å². The van der Waals surface area contributed by atoms with Gasteiger partial charge in [-0.05, 0) is 30.6 Å². The summed E-state index contributed by atoms with van der Waals surface area (Å²) in [7, 11) is 0. The van der Waals surface area contributed by atoms with Crippen LogP contribution in [0.25, 0.3) is 0 Å². The molecule has 0 heterocycles. The van der Waals surface area contributed by atoms with Crippen LogP contribution in [0.2, 0.25) is 0 Å². The van der Waals surface area contributed by atoms with Gasteiger partial charge in [-0.15, -0.1) is 6.58 Å². The van der Waals surface area contributed by atoms with Crippen molar-refractivity contribution in [1.82, 2.24) is 0 Å². The molecule has 18 heavy (non-hydrogen) atoms. The Morgan fingerprint density at radius 3 is 1.72 bits per heavy atom. The zero-order valence-corrected chi connectivity index (χ0v) is 13.4. The molecule has 0 N–H and O–H groups in total. The molecular formula is C18H36. The van der Waals surface area contributed by atoms with Gasteiger partial charge in [0.25, 0.3) is 0 Å². The Hall–Kier alpha value is -0.260. The quantitative estimate of drug-likeness (QED) is 0.271. The van der Waals surface area contributed by atoms with Crippen molar-refractivity contribution in [2.75, 3.05) is 0 Å². The molecule has 0 saturated heterocycles. The molecule has 0 bridgehead atoms. The summed E-state index contributed by atoms with van der Waals surface area (Å²) in [5, 5.41) is 0. The van der Waals surface area contributed by atoms with E-state index in [0.29, 0.717) is 0 Å². The second-order valence-corrected chi connectivity index (χ2v) is 6.56. The van der Waals surface area contributed by atoms with Gasteiger partial charge in [0.2, 0.25) is 0 Å². The summed E-state index contributed by atoms with van der Waals surface area (Å²) in [5.41, 5.74) is 0. The maximum absolute atomic E-state index is 3.79. The van der Waals surface area contributed by atoms with Gasteiger partial charge in [-0.3, -0.25) is 0 Å². The van der Waals surface area contributed by atoms with Crippen molar-refractivity contribution >= 4 is 0 Å². The van der Waals surface area contributed by atoms with E-state index < -0.39 is 0 Å². The van der Waals surface area contributed by atoms with E-state index in [1.807, 2.05) is 6.08 Å². The Bertz CT molecular complexity index is 180. The fourth-order valence-electron chi connectivity index (χ4n) is 2.53. The average Bonchev–Trinajstić information content (AvgIpc) is 2.33. The smallest absolute Gasteiger partial charge is 0.0353 e. The van der Waals surface area contributed by atoms with Crippen LogP contribution >= 0.6 is 0 Å². The minimum atomic E-state index is 0.883. The normalized spacial score (nSPS) is 14.7. The van der Waals surface area contributed by atoms with E-state index in [4.69, 9.17) is 0 Å². The molecule has 0 heteroatoms. The first-order valence-electron chi connectivity index (χ1n) is 8.18. The molecule has 0 aliphatic carbocycles. The van der Waals surface area contributed by atoms with Gasteiger partial charge in [-0.1, -0.05) is 78.7 Å². The first-order chi connectivity index (χ1) is 8.57. The van der Waals surface area contributed by atoms with Crippen molar-refractivity contribution in [3.63, 3.8) is 0 Å². The number of unbranched alkanes of at least 4 members (excludes halogenated alkanes) is 4. The third kappa shape index (κ3) is 10.9. The molecule has 0 rings (SSSR count). The second kappa shape index (κ2) is 11.8. The molecular weight excluding hydrogens is 216 g/mol. The number of hydrogen-bond donors (Lipinski definition) is 0. The van der Waals surface area contributed by atoms with Crippen LogP contribution in [0.3, 0.4) is 0 Å². The standard InChI is InChI=1S/C18H36/c1-6-7-10-14-17(4)18(5)15-12-9-8-11-13-16(2)3/h6,16-18H,1,7-15H2,2-5H3. The topological polar surface area (TPSA) is 0 Å². The molecule has 108 valence electrons. The van der Waals surface area contributed by atoms with E-state index >= 15 is 0 Å². The van der Waals surface area contributed by atoms with E-state index in [-0.39, 0.29) is 0 Å². The van der Waals surface area contributed by atoms with Crippen molar-refractivity contribution in [3.05, 3.63) is 12.7 Å². The van der Waals surface area contributed by atoms with Crippen LogP contribution < -0.4 is 0 Å². The van der Waals surface area contributed by atoms with Crippen LogP contribution in [0.1, 0.15) is 85.5 Å². The molecule has 0 aliphatic heterocycles. The number of allylic oxidation sites excluding steroid dienone is 1. The molecule has 0 fully saturated rings. The molecule has 0 spiro atoms. The van der Waals surface area contributed by atoms with Crippen molar-refractivity contribution in [2.45, 2.75) is 85.5 Å². The highest BCUT2D eigenvalue weighted by molar-refractivity contribution is 4.69. The maximum Gasteiger partial charge on any atom is -0.0353 e. The highest BCUT2D eigenvalue weighted by Crippen LogP contribution is 2.23. The Morgan fingerprint density at radius 2 is 1.22 bits per heavy atom. The summed E-state index contributed by atoms with van der Waals surface area (Å²) >= 11 is 0. The SMILES string of the molecule is C=CCCCC(C)C(C)CCCCCCC(C)C. The number of hydrogen-bond acceptors (Lipinski definition) is 0. The molecule has 2 unspecified atom stereocenters.